The normalized spacial score (nSPS) is 11.9. The molecule has 0 saturated heterocycles. The van der Waals surface area contributed by atoms with Crippen LogP contribution >= 0.6 is 0 Å². The standard InChI is InChI=1S/C13H20N2O2/c1-4-5-11(15-14)8-10-6-7-12(16-2)13(9-10)17-3/h4,6-7,9,11,15H,1,5,8,14H2,2-3H3. The van der Waals surface area contributed by atoms with E-state index in [1.807, 2.05) is 24.3 Å². The number of hydrogen-bond acceptors (Lipinski definition) is 4. The summed E-state index contributed by atoms with van der Waals surface area (Å²) in [5.41, 5.74) is 3.92. The van der Waals surface area contributed by atoms with Crippen molar-refractivity contribution in [2.45, 2.75) is 18.9 Å². The third-order valence-electron chi connectivity index (χ3n) is 2.62. The van der Waals surface area contributed by atoms with Gasteiger partial charge >= 0.3 is 0 Å². The Kier molecular flexibility index (Phi) is 5.52. The van der Waals surface area contributed by atoms with Gasteiger partial charge in [-0.15, -0.1) is 6.58 Å². The molecule has 0 saturated carbocycles. The lowest BCUT2D eigenvalue weighted by Gasteiger charge is -2.15. The van der Waals surface area contributed by atoms with E-state index >= 15 is 0 Å². The monoisotopic (exact) mass is 236 g/mol. The minimum absolute atomic E-state index is 0.186. The number of hydrazine groups is 1. The lowest BCUT2D eigenvalue weighted by Crippen LogP contribution is -2.36. The summed E-state index contributed by atoms with van der Waals surface area (Å²) in [7, 11) is 3.25. The summed E-state index contributed by atoms with van der Waals surface area (Å²) in [5, 5.41) is 0. The molecule has 0 aliphatic rings. The molecule has 0 spiro atoms. The zero-order valence-electron chi connectivity index (χ0n) is 10.4. The molecule has 1 atom stereocenters. The maximum Gasteiger partial charge on any atom is 0.160 e. The van der Waals surface area contributed by atoms with Crippen molar-refractivity contribution < 1.29 is 9.47 Å². The molecule has 94 valence electrons. The van der Waals surface area contributed by atoms with E-state index in [2.05, 4.69) is 12.0 Å². The minimum atomic E-state index is 0.186. The number of methoxy groups -OCH3 is 2. The number of rotatable bonds is 7. The Labute approximate surface area is 102 Å². The van der Waals surface area contributed by atoms with Crippen LogP contribution in [0.25, 0.3) is 0 Å². The molecule has 17 heavy (non-hydrogen) atoms. The van der Waals surface area contributed by atoms with Crippen molar-refractivity contribution in [1.82, 2.24) is 5.43 Å². The van der Waals surface area contributed by atoms with Crippen molar-refractivity contribution in [3.05, 3.63) is 36.4 Å². The molecule has 1 aromatic carbocycles. The van der Waals surface area contributed by atoms with Crippen LogP contribution < -0.4 is 20.7 Å². The van der Waals surface area contributed by atoms with Crippen LogP contribution in [0, 0.1) is 0 Å². The summed E-state index contributed by atoms with van der Waals surface area (Å²) in [6.07, 6.45) is 3.50. The topological polar surface area (TPSA) is 56.5 Å². The van der Waals surface area contributed by atoms with Gasteiger partial charge in [0.05, 0.1) is 14.2 Å². The molecule has 0 aliphatic carbocycles. The van der Waals surface area contributed by atoms with Crippen LogP contribution in [0.3, 0.4) is 0 Å². The van der Waals surface area contributed by atoms with Gasteiger partial charge in [0.2, 0.25) is 0 Å². The molecule has 1 rings (SSSR count). The molecule has 0 radical (unpaired) electrons. The fraction of sp³-hybridized carbons (Fsp3) is 0.385. The van der Waals surface area contributed by atoms with Gasteiger partial charge < -0.3 is 9.47 Å². The summed E-state index contributed by atoms with van der Waals surface area (Å²) in [5.74, 6) is 6.95. The SMILES string of the molecule is C=CCC(Cc1ccc(OC)c(OC)c1)NN. The summed E-state index contributed by atoms with van der Waals surface area (Å²) < 4.78 is 10.4. The number of nitrogens with two attached hydrogens (primary N) is 1. The van der Waals surface area contributed by atoms with E-state index in [1.54, 1.807) is 14.2 Å². The highest BCUT2D eigenvalue weighted by molar-refractivity contribution is 5.43. The molecule has 0 fully saturated rings. The minimum Gasteiger partial charge on any atom is -0.493 e. The van der Waals surface area contributed by atoms with Crippen LogP contribution in [0.1, 0.15) is 12.0 Å². The molecule has 0 heterocycles. The van der Waals surface area contributed by atoms with Gasteiger partial charge in [0.25, 0.3) is 0 Å². The Bertz CT molecular complexity index is 366. The molecule has 4 nitrogen and oxygen atoms in total. The second-order valence-electron chi connectivity index (χ2n) is 3.78. The van der Waals surface area contributed by atoms with E-state index in [-0.39, 0.29) is 6.04 Å². The predicted molar refractivity (Wildman–Crippen MR) is 69.2 cm³/mol. The van der Waals surface area contributed by atoms with Crippen LogP contribution in [0.15, 0.2) is 30.9 Å². The van der Waals surface area contributed by atoms with Crippen LogP contribution in [0.2, 0.25) is 0 Å². The Hall–Kier alpha value is -1.52. The van der Waals surface area contributed by atoms with Crippen molar-refractivity contribution in [3.63, 3.8) is 0 Å². The number of nitrogens with one attached hydrogen (secondary N) is 1. The lowest BCUT2D eigenvalue weighted by atomic mass is 10.0. The maximum absolute atomic E-state index is 5.48. The quantitative estimate of drug-likeness (QED) is 0.429. The van der Waals surface area contributed by atoms with Crippen molar-refractivity contribution in [3.8, 4) is 11.5 Å². The van der Waals surface area contributed by atoms with Gasteiger partial charge in [0, 0.05) is 6.04 Å². The fourth-order valence-corrected chi connectivity index (χ4v) is 1.70. The zero-order valence-corrected chi connectivity index (χ0v) is 10.4. The van der Waals surface area contributed by atoms with E-state index in [0.29, 0.717) is 0 Å². The van der Waals surface area contributed by atoms with Crippen molar-refractivity contribution in [1.29, 1.82) is 0 Å². The first-order chi connectivity index (χ1) is 8.24. The third-order valence-corrected chi connectivity index (χ3v) is 2.62. The average molecular weight is 236 g/mol. The highest BCUT2D eigenvalue weighted by Gasteiger charge is 2.09. The van der Waals surface area contributed by atoms with Crippen molar-refractivity contribution >= 4 is 0 Å². The van der Waals surface area contributed by atoms with Gasteiger partial charge in [-0.2, -0.15) is 0 Å². The molecule has 4 heteroatoms. The van der Waals surface area contributed by atoms with Crippen LogP contribution in [0.5, 0.6) is 11.5 Å². The summed E-state index contributed by atoms with van der Waals surface area (Å²) in [6, 6.07) is 6.06. The molecule has 1 unspecified atom stereocenters. The second kappa shape index (κ2) is 6.93. The maximum atomic E-state index is 5.48. The fourth-order valence-electron chi connectivity index (χ4n) is 1.70. The molecular formula is C13H20N2O2. The molecule has 0 bridgehead atoms. The van der Waals surface area contributed by atoms with Crippen LogP contribution in [-0.4, -0.2) is 20.3 Å². The molecule has 3 N–H and O–H groups in total. The molecule has 0 amide bonds. The molecular weight excluding hydrogens is 216 g/mol. The Balaban J connectivity index is 2.80. The summed E-state index contributed by atoms with van der Waals surface area (Å²) in [6.45, 7) is 3.71. The highest BCUT2D eigenvalue weighted by atomic mass is 16.5. The lowest BCUT2D eigenvalue weighted by molar-refractivity contribution is 0.354. The van der Waals surface area contributed by atoms with E-state index < -0.39 is 0 Å². The van der Waals surface area contributed by atoms with E-state index in [1.165, 1.54) is 0 Å². The molecule has 1 aromatic rings. The van der Waals surface area contributed by atoms with Gasteiger partial charge in [-0.1, -0.05) is 12.1 Å². The molecule has 0 aliphatic heterocycles. The zero-order chi connectivity index (χ0) is 12.7. The van der Waals surface area contributed by atoms with E-state index in [9.17, 15) is 0 Å². The van der Waals surface area contributed by atoms with E-state index in [0.717, 1.165) is 29.9 Å². The van der Waals surface area contributed by atoms with E-state index in [4.69, 9.17) is 15.3 Å². The Morgan fingerprint density at radius 1 is 1.35 bits per heavy atom. The highest BCUT2D eigenvalue weighted by Crippen LogP contribution is 2.28. The Morgan fingerprint density at radius 2 is 2.06 bits per heavy atom. The van der Waals surface area contributed by atoms with Crippen LogP contribution in [-0.2, 0) is 6.42 Å². The number of hydrogen-bond donors (Lipinski definition) is 2. The smallest absolute Gasteiger partial charge is 0.160 e. The second-order valence-corrected chi connectivity index (χ2v) is 3.78. The van der Waals surface area contributed by atoms with Crippen molar-refractivity contribution in [2.24, 2.45) is 5.84 Å². The number of ether oxygens (including phenoxy) is 2. The van der Waals surface area contributed by atoms with Crippen LogP contribution in [0.4, 0.5) is 0 Å². The summed E-state index contributed by atoms with van der Waals surface area (Å²) in [4.78, 5) is 0. The predicted octanol–water partition coefficient (Wildman–Crippen LogP) is 1.65. The summed E-state index contributed by atoms with van der Waals surface area (Å²) >= 11 is 0. The van der Waals surface area contributed by atoms with Gasteiger partial charge in [0.1, 0.15) is 0 Å². The van der Waals surface area contributed by atoms with Gasteiger partial charge in [-0.05, 0) is 30.5 Å². The Morgan fingerprint density at radius 3 is 2.59 bits per heavy atom. The third kappa shape index (κ3) is 3.76. The first-order valence-corrected chi connectivity index (χ1v) is 5.53. The number of benzene rings is 1. The van der Waals surface area contributed by atoms with Gasteiger partial charge in [-0.3, -0.25) is 11.3 Å². The van der Waals surface area contributed by atoms with Crippen molar-refractivity contribution in [2.75, 3.05) is 14.2 Å². The first-order valence-electron chi connectivity index (χ1n) is 5.53. The van der Waals surface area contributed by atoms with Gasteiger partial charge in [-0.25, -0.2) is 0 Å². The van der Waals surface area contributed by atoms with Gasteiger partial charge in [0.15, 0.2) is 11.5 Å². The molecule has 0 aromatic heterocycles. The average Bonchev–Trinajstić information content (AvgIpc) is 2.38. The largest absolute Gasteiger partial charge is 0.493 e. The first kappa shape index (κ1) is 13.5.